The number of carboxylic acid groups (broad SMARTS) is 1. The molecule has 2 aliphatic carbocycles. The lowest BCUT2D eigenvalue weighted by atomic mass is 10.1. The molecule has 240 valence electrons. The molecule has 0 heterocycles. The maximum Gasteiger partial charge on any atom is 0.310 e. The Bertz CT molecular complexity index is 1540. The lowest BCUT2D eigenvalue weighted by molar-refractivity contribution is -0.156. The molecule has 0 saturated heterocycles. The minimum Gasteiger partial charge on any atom is -0.481 e. The molecule has 1 N–H and O–H groups in total. The van der Waals surface area contributed by atoms with Gasteiger partial charge in [-0.3, -0.25) is 9.59 Å². The molecule has 2 fully saturated rings. The number of hydrogen-bond donors (Lipinski definition) is 1. The summed E-state index contributed by atoms with van der Waals surface area (Å²) in [6, 6.07) is 36.7. The molecule has 0 radical (unpaired) electrons. The fraction of sp³-hybridized carbons (Fsp3) is 0.350. The number of ether oxygens (including phenoxy) is 3. The predicted molar refractivity (Wildman–Crippen MR) is 178 cm³/mol. The topological polar surface area (TPSA) is 82.1 Å². The minimum atomic E-state index is -0.685. The van der Waals surface area contributed by atoms with E-state index in [9.17, 15) is 9.59 Å². The van der Waals surface area contributed by atoms with Crippen molar-refractivity contribution < 1.29 is 28.9 Å². The number of hydrogen-bond acceptors (Lipinski definition) is 5. The first-order chi connectivity index (χ1) is 22.2. The van der Waals surface area contributed by atoms with Crippen molar-refractivity contribution in [2.24, 2.45) is 11.8 Å². The zero-order valence-corrected chi connectivity index (χ0v) is 26.9. The summed E-state index contributed by atoms with van der Waals surface area (Å²) in [5, 5.41) is 8.94. The van der Waals surface area contributed by atoms with Crippen LogP contribution in [0.3, 0.4) is 0 Å². The molecular formula is C40H44O6. The van der Waals surface area contributed by atoms with Crippen LogP contribution in [0, 0.1) is 11.8 Å². The third kappa shape index (κ3) is 10.1. The van der Waals surface area contributed by atoms with Crippen molar-refractivity contribution in [1.29, 1.82) is 0 Å². The zero-order chi connectivity index (χ0) is 32.5. The van der Waals surface area contributed by atoms with Gasteiger partial charge in [0.05, 0.1) is 38.3 Å². The van der Waals surface area contributed by atoms with Gasteiger partial charge in [0, 0.05) is 0 Å². The van der Waals surface area contributed by atoms with Gasteiger partial charge in [-0.05, 0) is 78.8 Å². The van der Waals surface area contributed by atoms with E-state index in [4.69, 9.17) is 19.3 Å². The van der Waals surface area contributed by atoms with Gasteiger partial charge < -0.3 is 19.3 Å². The van der Waals surface area contributed by atoms with Crippen LogP contribution in [0.2, 0.25) is 0 Å². The Labute approximate surface area is 272 Å². The molecule has 2 saturated carbocycles. The molecule has 0 aliphatic heterocycles. The van der Waals surface area contributed by atoms with Crippen LogP contribution in [0.1, 0.15) is 78.8 Å². The van der Waals surface area contributed by atoms with Crippen molar-refractivity contribution in [3.63, 3.8) is 0 Å². The molecular weight excluding hydrogens is 576 g/mol. The average Bonchev–Trinajstić information content (AvgIpc) is 3.97. The number of carbonyl (C=O) groups is 2. The highest BCUT2D eigenvalue weighted by Crippen LogP contribution is 2.49. The van der Waals surface area contributed by atoms with Crippen LogP contribution < -0.4 is 0 Å². The normalized spacial score (nSPS) is 19.8. The van der Waals surface area contributed by atoms with E-state index in [2.05, 4.69) is 36.4 Å². The zero-order valence-electron chi connectivity index (χ0n) is 26.9. The molecule has 6 heteroatoms. The van der Waals surface area contributed by atoms with E-state index in [0.29, 0.717) is 32.3 Å². The predicted octanol–water partition coefficient (Wildman–Crippen LogP) is 8.44. The molecule has 4 aromatic rings. The van der Waals surface area contributed by atoms with Crippen LogP contribution in [0.25, 0.3) is 0 Å². The monoisotopic (exact) mass is 620 g/mol. The largest absolute Gasteiger partial charge is 0.481 e. The first-order valence-corrected chi connectivity index (χ1v) is 16.0. The summed E-state index contributed by atoms with van der Waals surface area (Å²) < 4.78 is 16.9. The second-order valence-corrected chi connectivity index (χ2v) is 13.2. The molecule has 46 heavy (non-hydrogen) atoms. The molecule has 0 amide bonds. The van der Waals surface area contributed by atoms with E-state index in [0.717, 1.165) is 35.1 Å². The lowest BCUT2D eigenvalue weighted by Crippen LogP contribution is -2.25. The number of carboxylic acids is 1. The van der Waals surface area contributed by atoms with Gasteiger partial charge in [-0.2, -0.15) is 0 Å². The van der Waals surface area contributed by atoms with Gasteiger partial charge in [-0.1, -0.05) is 109 Å². The maximum atomic E-state index is 12.1. The van der Waals surface area contributed by atoms with Gasteiger partial charge in [-0.15, -0.1) is 0 Å². The Morgan fingerprint density at radius 2 is 0.957 bits per heavy atom. The van der Waals surface area contributed by atoms with Crippen molar-refractivity contribution >= 4 is 11.9 Å². The summed E-state index contributed by atoms with van der Waals surface area (Å²) >= 11 is 0. The van der Waals surface area contributed by atoms with Gasteiger partial charge >= 0.3 is 11.9 Å². The Morgan fingerprint density at radius 1 is 0.587 bits per heavy atom. The average molecular weight is 621 g/mol. The third-order valence-corrected chi connectivity index (χ3v) is 8.18. The number of rotatable bonds is 12. The second-order valence-electron chi connectivity index (χ2n) is 13.2. The van der Waals surface area contributed by atoms with Crippen molar-refractivity contribution in [2.45, 2.75) is 77.5 Å². The van der Waals surface area contributed by atoms with Crippen LogP contribution >= 0.6 is 0 Å². The summed E-state index contributed by atoms with van der Waals surface area (Å²) in [5.74, 6) is -0.441. The molecule has 0 spiro atoms. The van der Waals surface area contributed by atoms with E-state index in [1.54, 1.807) is 0 Å². The Morgan fingerprint density at radius 3 is 1.33 bits per heavy atom. The molecule has 0 bridgehead atoms. The number of benzene rings is 4. The van der Waals surface area contributed by atoms with E-state index in [1.807, 2.05) is 93.6 Å². The Kier molecular flexibility index (Phi) is 11.1. The first kappa shape index (κ1) is 33.1. The standard InChI is InChI=1S/C22H26O3.C18H18O3/c1-22(2,3)25-21(23)20-13-19(20)18-11-9-17(10-12-18)15-24-14-16-7-5-4-6-8-16;19-18(20)17-10-16(17)15-8-6-14(7-9-15)12-21-11-13-4-2-1-3-5-13/h4-12,19-20H,13-15H2,1-3H3;1-9,16-17H,10-12H2,(H,19,20)/t19-,20+;16-,17+/m00/s1. The van der Waals surface area contributed by atoms with Crippen molar-refractivity contribution in [1.82, 2.24) is 0 Å². The SMILES string of the molecule is CC(C)(C)OC(=O)[C@@H]1C[C@H]1c1ccc(COCc2ccccc2)cc1.O=C(O)[C@@H]1C[C@H]1c1ccc(COCc2ccccc2)cc1. The van der Waals surface area contributed by atoms with Crippen LogP contribution in [-0.2, 0) is 50.2 Å². The molecule has 4 atom stereocenters. The number of aliphatic carboxylic acids is 1. The van der Waals surface area contributed by atoms with Crippen molar-refractivity contribution in [2.75, 3.05) is 0 Å². The van der Waals surface area contributed by atoms with Crippen LogP contribution in [-0.4, -0.2) is 22.6 Å². The fourth-order valence-corrected chi connectivity index (χ4v) is 5.48. The maximum absolute atomic E-state index is 12.1. The third-order valence-electron chi connectivity index (χ3n) is 8.18. The highest BCUT2D eigenvalue weighted by Gasteiger charge is 2.46. The van der Waals surface area contributed by atoms with Crippen LogP contribution in [0.5, 0.6) is 0 Å². The molecule has 6 rings (SSSR count). The van der Waals surface area contributed by atoms with E-state index < -0.39 is 11.6 Å². The van der Waals surface area contributed by atoms with Gasteiger partial charge in [0.25, 0.3) is 0 Å². The highest BCUT2D eigenvalue weighted by atomic mass is 16.6. The summed E-state index contributed by atoms with van der Waals surface area (Å²) in [4.78, 5) is 23.0. The Balaban J connectivity index is 0.000000184. The van der Waals surface area contributed by atoms with Gasteiger partial charge in [0.1, 0.15) is 5.60 Å². The molecule has 6 nitrogen and oxygen atoms in total. The van der Waals surface area contributed by atoms with E-state index in [1.165, 1.54) is 11.1 Å². The Hall–Kier alpha value is -4.26. The van der Waals surface area contributed by atoms with E-state index >= 15 is 0 Å². The van der Waals surface area contributed by atoms with E-state index in [-0.39, 0.29) is 23.7 Å². The molecule has 4 aromatic carbocycles. The first-order valence-electron chi connectivity index (χ1n) is 16.0. The lowest BCUT2D eigenvalue weighted by Gasteiger charge is -2.19. The minimum absolute atomic E-state index is 0.0133. The summed E-state index contributed by atoms with van der Waals surface area (Å²) in [6.45, 7) is 8.11. The van der Waals surface area contributed by atoms with Crippen molar-refractivity contribution in [3.8, 4) is 0 Å². The number of esters is 1. The van der Waals surface area contributed by atoms with Gasteiger partial charge in [0.2, 0.25) is 0 Å². The highest BCUT2D eigenvalue weighted by molar-refractivity contribution is 5.77. The van der Waals surface area contributed by atoms with Crippen LogP contribution in [0.15, 0.2) is 109 Å². The van der Waals surface area contributed by atoms with Crippen LogP contribution in [0.4, 0.5) is 0 Å². The van der Waals surface area contributed by atoms with Gasteiger partial charge in [-0.25, -0.2) is 0 Å². The smallest absolute Gasteiger partial charge is 0.310 e. The quantitative estimate of drug-likeness (QED) is 0.160. The number of carbonyl (C=O) groups excluding carboxylic acids is 1. The summed E-state index contributed by atoms with van der Waals surface area (Å²) in [7, 11) is 0. The molecule has 2 aliphatic rings. The fourth-order valence-electron chi connectivity index (χ4n) is 5.48. The molecule has 0 aromatic heterocycles. The molecule has 0 unspecified atom stereocenters. The van der Waals surface area contributed by atoms with Gasteiger partial charge in [0.15, 0.2) is 0 Å². The summed E-state index contributed by atoms with van der Waals surface area (Å²) in [6.07, 6.45) is 1.65. The summed E-state index contributed by atoms with van der Waals surface area (Å²) in [5.41, 5.74) is 6.52. The second kappa shape index (κ2) is 15.4. The van der Waals surface area contributed by atoms with Crippen molar-refractivity contribution in [3.05, 3.63) is 143 Å².